The molecule has 0 aliphatic carbocycles. The van der Waals surface area contributed by atoms with Gasteiger partial charge in [-0.15, -0.1) is 11.3 Å². The van der Waals surface area contributed by atoms with E-state index in [4.69, 9.17) is 5.73 Å². The molecule has 0 aliphatic rings. The minimum atomic E-state index is -0.544. The van der Waals surface area contributed by atoms with Gasteiger partial charge < -0.3 is 5.73 Å². The van der Waals surface area contributed by atoms with E-state index in [9.17, 15) is 9.18 Å². The maximum Gasteiger partial charge on any atom is 0.170 e. The van der Waals surface area contributed by atoms with Gasteiger partial charge in [-0.25, -0.2) is 4.39 Å². The van der Waals surface area contributed by atoms with Gasteiger partial charge in [0.15, 0.2) is 5.78 Å². The van der Waals surface area contributed by atoms with Gasteiger partial charge in [0, 0.05) is 16.9 Å². The molecule has 2 aromatic rings. The molecule has 16 heavy (non-hydrogen) atoms. The lowest BCUT2D eigenvalue weighted by molar-refractivity contribution is 0.0994. The van der Waals surface area contributed by atoms with Crippen LogP contribution in [0.25, 0.3) is 0 Å². The standard InChI is InChI=1S/C12H10FNOS/c13-10-5-1-4-9(12(10)14)11(15)7-8-3-2-6-16-8/h1-6H,7,14H2. The van der Waals surface area contributed by atoms with E-state index in [0.717, 1.165) is 4.88 Å². The van der Waals surface area contributed by atoms with Gasteiger partial charge in [0.25, 0.3) is 0 Å². The predicted octanol–water partition coefficient (Wildman–Crippen LogP) is 2.89. The molecule has 0 spiro atoms. The first-order chi connectivity index (χ1) is 7.68. The second-order valence-corrected chi connectivity index (χ2v) is 4.41. The SMILES string of the molecule is Nc1c(F)cccc1C(=O)Cc1cccs1. The summed E-state index contributed by atoms with van der Waals surface area (Å²) in [5.74, 6) is -0.698. The summed E-state index contributed by atoms with van der Waals surface area (Å²) in [5.41, 5.74) is 5.71. The molecule has 0 radical (unpaired) electrons. The van der Waals surface area contributed by atoms with Crippen molar-refractivity contribution < 1.29 is 9.18 Å². The predicted molar refractivity (Wildman–Crippen MR) is 63.2 cm³/mol. The first-order valence-corrected chi connectivity index (χ1v) is 5.66. The summed E-state index contributed by atoms with van der Waals surface area (Å²) in [7, 11) is 0. The smallest absolute Gasteiger partial charge is 0.170 e. The Hall–Kier alpha value is -1.68. The Labute approximate surface area is 96.5 Å². The quantitative estimate of drug-likeness (QED) is 0.656. The lowest BCUT2D eigenvalue weighted by atomic mass is 10.1. The van der Waals surface area contributed by atoms with Crippen LogP contribution >= 0.6 is 11.3 Å². The number of para-hydroxylation sites is 1. The molecule has 0 amide bonds. The highest BCUT2D eigenvalue weighted by molar-refractivity contribution is 7.10. The molecule has 4 heteroatoms. The van der Waals surface area contributed by atoms with E-state index in [1.165, 1.54) is 23.5 Å². The van der Waals surface area contributed by atoms with Crippen molar-refractivity contribution in [2.75, 3.05) is 5.73 Å². The van der Waals surface area contributed by atoms with Gasteiger partial charge in [-0.1, -0.05) is 12.1 Å². The Morgan fingerprint density at radius 1 is 1.31 bits per heavy atom. The van der Waals surface area contributed by atoms with E-state index in [1.807, 2.05) is 17.5 Å². The van der Waals surface area contributed by atoms with Gasteiger partial charge in [-0.05, 0) is 23.6 Å². The molecule has 1 heterocycles. The van der Waals surface area contributed by atoms with Crippen LogP contribution in [0, 0.1) is 5.82 Å². The molecule has 0 bridgehead atoms. The zero-order chi connectivity index (χ0) is 11.5. The molecule has 0 atom stereocenters. The van der Waals surface area contributed by atoms with Crippen LogP contribution in [0.4, 0.5) is 10.1 Å². The van der Waals surface area contributed by atoms with Crippen LogP contribution in [0.3, 0.4) is 0 Å². The molecular formula is C12H10FNOS. The summed E-state index contributed by atoms with van der Waals surface area (Å²) in [4.78, 5) is 12.8. The highest BCUT2D eigenvalue weighted by atomic mass is 32.1. The number of Topliss-reactive ketones (excluding diaryl/α,β-unsaturated/α-hetero) is 1. The van der Waals surface area contributed by atoms with Gasteiger partial charge in [0.1, 0.15) is 5.82 Å². The van der Waals surface area contributed by atoms with Crippen molar-refractivity contribution in [1.82, 2.24) is 0 Å². The summed E-state index contributed by atoms with van der Waals surface area (Å²) >= 11 is 1.50. The van der Waals surface area contributed by atoms with Gasteiger partial charge in [-0.2, -0.15) is 0 Å². The third-order valence-electron chi connectivity index (χ3n) is 2.27. The van der Waals surface area contributed by atoms with Gasteiger partial charge in [0.2, 0.25) is 0 Å². The van der Waals surface area contributed by atoms with E-state index in [0.29, 0.717) is 0 Å². The fourth-order valence-corrected chi connectivity index (χ4v) is 2.15. The van der Waals surface area contributed by atoms with Crippen LogP contribution < -0.4 is 5.73 Å². The Morgan fingerprint density at radius 3 is 2.81 bits per heavy atom. The number of carbonyl (C=O) groups excluding carboxylic acids is 1. The minimum Gasteiger partial charge on any atom is -0.396 e. The molecule has 0 saturated heterocycles. The van der Waals surface area contributed by atoms with Crippen molar-refractivity contribution in [1.29, 1.82) is 0 Å². The fourth-order valence-electron chi connectivity index (χ4n) is 1.45. The topological polar surface area (TPSA) is 43.1 Å². The van der Waals surface area contributed by atoms with Crippen LogP contribution in [0.5, 0.6) is 0 Å². The number of carbonyl (C=O) groups is 1. The summed E-state index contributed by atoms with van der Waals surface area (Å²) in [5, 5.41) is 1.90. The molecular weight excluding hydrogens is 225 g/mol. The number of nitrogens with two attached hydrogens (primary N) is 1. The van der Waals surface area contributed by atoms with Crippen LogP contribution in [0.2, 0.25) is 0 Å². The number of thiophene rings is 1. The molecule has 1 aromatic heterocycles. The normalized spacial score (nSPS) is 10.3. The molecule has 2 rings (SSSR count). The summed E-state index contributed by atoms with van der Waals surface area (Å²) in [6.45, 7) is 0. The highest BCUT2D eigenvalue weighted by Gasteiger charge is 2.13. The van der Waals surface area contributed by atoms with E-state index in [2.05, 4.69) is 0 Å². The lowest BCUT2D eigenvalue weighted by Crippen LogP contribution is -2.07. The van der Waals surface area contributed by atoms with Crippen molar-refractivity contribution in [3.63, 3.8) is 0 Å². The molecule has 2 N–H and O–H groups in total. The molecule has 0 aliphatic heterocycles. The first kappa shape index (κ1) is 10.8. The summed E-state index contributed by atoms with van der Waals surface area (Å²) in [6.07, 6.45) is 0.269. The van der Waals surface area contributed by atoms with E-state index >= 15 is 0 Å². The Morgan fingerprint density at radius 2 is 2.12 bits per heavy atom. The maximum absolute atomic E-state index is 13.1. The molecule has 1 aromatic carbocycles. The molecule has 82 valence electrons. The average Bonchev–Trinajstić information content (AvgIpc) is 2.74. The number of hydrogen-bond acceptors (Lipinski definition) is 3. The number of benzene rings is 1. The lowest BCUT2D eigenvalue weighted by Gasteiger charge is -2.04. The zero-order valence-corrected chi connectivity index (χ0v) is 9.26. The Bertz CT molecular complexity index is 508. The minimum absolute atomic E-state index is 0.0657. The molecule has 2 nitrogen and oxygen atoms in total. The number of hydrogen-bond donors (Lipinski definition) is 1. The number of nitrogen functional groups attached to an aromatic ring is 1. The Kier molecular flexibility index (Phi) is 3.01. The van der Waals surface area contributed by atoms with Crippen molar-refractivity contribution in [2.24, 2.45) is 0 Å². The van der Waals surface area contributed by atoms with E-state index < -0.39 is 5.82 Å². The summed E-state index contributed by atoms with van der Waals surface area (Å²) < 4.78 is 13.1. The summed E-state index contributed by atoms with van der Waals surface area (Å²) in [6, 6.07) is 8.04. The number of halogens is 1. The number of anilines is 1. The van der Waals surface area contributed by atoms with Crippen LogP contribution in [-0.4, -0.2) is 5.78 Å². The van der Waals surface area contributed by atoms with Gasteiger partial charge in [-0.3, -0.25) is 4.79 Å². The average molecular weight is 235 g/mol. The third-order valence-corrected chi connectivity index (χ3v) is 3.14. The van der Waals surface area contributed by atoms with Crippen LogP contribution in [-0.2, 0) is 6.42 Å². The third kappa shape index (κ3) is 2.12. The molecule has 0 unspecified atom stereocenters. The van der Waals surface area contributed by atoms with E-state index in [-0.39, 0.29) is 23.5 Å². The van der Waals surface area contributed by atoms with Crippen molar-refractivity contribution in [2.45, 2.75) is 6.42 Å². The van der Waals surface area contributed by atoms with Gasteiger partial charge >= 0.3 is 0 Å². The van der Waals surface area contributed by atoms with Crippen LogP contribution in [0.1, 0.15) is 15.2 Å². The second-order valence-electron chi connectivity index (χ2n) is 3.38. The van der Waals surface area contributed by atoms with Crippen molar-refractivity contribution in [3.8, 4) is 0 Å². The zero-order valence-electron chi connectivity index (χ0n) is 8.44. The van der Waals surface area contributed by atoms with Crippen molar-refractivity contribution >= 4 is 22.8 Å². The Balaban J connectivity index is 2.24. The first-order valence-electron chi connectivity index (χ1n) is 4.78. The largest absolute Gasteiger partial charge is 0.396 e. The molecule has 0 fully saturated rings. The van der Waals surface area contributed by atoms with Crippen LogP contribution in [0.15, 0.2) is 35.7 Å². The second kappa shape index (κ2) is 4.45. The van der Waals surface area contributed by atoms with Gasteiger partial charge in [0.05, 0.1) is 5.69 Å². The fraction of sp³-hybridized carbons (Fsp3) is 0.0833. The monoisotopic (exact) mass is 235 g/mol. The molecule has 0 saturated carbocycles. The highest BCUT2D eigenvalue weighted by Crippen LogP contribution is 2.19. The van der Waals surface area contributed by atoms with E-state index in [1.54, 1.807) is 6.07 Å². The number of rotatable bonds is 3. The maximum atomic E-state index is 13.1. The number of ketones is 1. The van der Waals surface area contributed by atoms with Crippen molar-refractivity contribution in [3.05, 3.63) is 52.0 Å².